The average molecular weight is 755 g/mol. The van der Waals surface area contributed by atoms with Crippen LogP contribution in [0.15, 0.2) is 182 Å². The lowest BCUT2D eigenvalue weighted by Gasteiger charge is -2.34. The van der Waals surface area contributed by atoms with Crippen molar-refractivity contribution in [3.63, 3.8) is 0 Å². The molecule has 11 rings (SSSR count). The van der Waals surface area contributed by atoms with Gasteiger partial charge in [-0.05, 0) is 116 Å². The van der Waals surface area contributed by atoms with E-state index in [0.29, 0.717) is 0 Å². The van der Waals surface area contributed by atoms with E-state index in [1.54, 1.807) is 0 Å². The minimum Gasteiger partial charge on any atom is -0.254 e. The quantitative estimate of drug-likeness (QED) is 0.164. The summed E-state index contributed by atoms with van der Waals surface area (Å²) in [5.41, 5.74) is 21.2. The Kier molecular flexibility index (Phi) is 8.00. The molecule has 0 unspecified atom stereocenters. The Hall–Kier alpha value is -7.16. The van der Waals surface area contributed by atoms with Crippen LogP contribution in [0.25, 0.3) is 77.2 Å². The van der Waals surface area contributed by atoms with Crippen molar-refractivity contribution in [2.75, 3.05) is 0 Å². The van der Waals surface area contributed by atoms with Crippen molar-refractivity contribution in [2.24, 2.45) is 0 Å². The number of aryl methyl sites for hydroxylation is 3. The van der Waals surface area contributed by atoms with Gasteiger partial charge >= 0.3 is 0 Å². The van der Waals surface area contributed by atoms with Crippen LogP contribution >= 0.6 is 0 Å². The summed E-state index contributed by atoms with van der Waals surface area (Å²) in [7, 11) is 0. The Bertz CT molecular complexity index is 3250. The largest absolute Gasteiger partial charge is 0.254 e. The van der Waals surface area contributed by atoms with Crippen molar-refractivity contribution < 1.29 is 0 Å². The number of aromatic nitrogens is 2. The molecule has 0 fully saturated rings. The van der Waals surface area contributed by atoms with Crippen LogP contribution in [0.3, 0.4) is 0 Å². The second kappa shape index (κ2) is 13.5. The molecule has 10 aromatic rings. The number of nitrogens with zero attached hydrogens (tertiary/aromatic N) is 2. The van der Waals surface area contributed by atoms with Gasteiger partial charge < -0.3 is 0 Å². The summed E-state index contributed by atoms with van der Waals surface area (Å²) in [6.07, 6.45) is 1.98. The third kappa shape index (κ3) is 5.12. The fourth-order valence-corrected chi connectivity index (χ4v) is 10.1. The molecule has 59 heavy (non-hydrogen) atoms. The number of benzene rings is 8. The molecule has 1 aliphatic rings. The van der Waals surface area contributed by atoms with Crippen LogP contribution in [0.1, 0.15) is 44.5 Å². The summed E-state index contributed by atoms with van der Waals surface area (Å²) < 4.78 is 0. The van der Waals surface area contributed by atoms with Crippen LogP contribution in [-0.2, 0) is 5.41 Å². The van der Waals surface area contributed by atoms with Gasteiger partial charge in [-0.15, -0.1) is 0 Å². The van der Waals surface area contributed by atoms with E-state index in [1.165, 1.54) is 94.0 Å². The lowest BCUT2D eigenvalue weighted by Crippen LogP contribution is -2.28. The zero-order valence-corrected chi connectivity index (χ0v) is 33.7. The van der Waals surface area contributed by atoms with Crippen molar-refractivity contribution in [3.05, 3.63) is 227 Å². The standard InChI is InChI=1S/C57H42N2/c1-35-34-58-55-43(36(35)2)32-33-44-37(3)38(4)54(59-56(44)55)49-25-14-23-47-45(21-13-24-48(47)49)39-28-30-40(31-29-39)46-22-15-27-52-53(46)50-20-11-12-26-51(50)57(52,41-16-7-5-8-17-41)42-18-9-6-10-19-42/h5-34H,1-4H3. The van der Waals surface area contributed by atoms with Crippen LogP contribution < -0.4 is 0 Å². The predicted molar refractivity (Wildman–Crippen MR) is 247 cm³/mol. The fraction of sp³-hybridized carbons (Fsp3) is 0.0877. The van der Waals surface area contributed by atoms with Gasteiger partial charge in [-0.3, -0.25) is 4.98 Å². The van der Waals surface area contributed by atoms with Crippen LogP contribution in [-0.4, -0.2) is 9.97 Å². The highest BCUT2D eigenvalue weighted by molar-refractivity contribution is 6.09. The smallest absolute Gasteiger partial charge is 0.0975 e. The van der Waals surface area contributed by atoms with E-state index in [1.807, 2.05) is 6.20 Å². The molecule has 2 nitrogen and oxygen atoms in total. The Labute approximate surface area is 345 Å². The third-order valence-corrected chi connectivity index (χ3v) is 13.2. The summed E-state index contributed by atoms with van der Waals surface area (Å²) in [6.45, 7) is 8.73. The van der Waals surface area contributed by atoms with Gasteiger partial charge in [-0.2, -0.15) is 0 Å². The fourth-order valence-electron chi connectivity index (χ4n) is 10.1. The van der Waals surface area contributed by atoms with Gasteiger partial charge in [0.05, 0.1) is 22.1 Å². The number of hydrogen-bond acceptors (Lipinski definition) is 2. The first-order valence-corrected chi connectivity index (χ1v) is 20.6. The highest BCUT2D eigenvalue weighted by Crippen LogP contribution is 2.58. The molecule has 1 aliphatic carbocycles. The van der Waals surface area contributed by atoms with E-state index in [-0.39, 0.29) is 0 Å². The number of fused-ring (bicyclic) bond motifs is 7. The van der Waals surface area contributed by atoms with Crippen LogP contribution in [0.5, 0.6) is 0 Å². The summed E-state index contributed by atoms with van der Waals surface area (Å²) >= 11 is 0. The summed E-state index contributed by atoms with van der Waals surface area (Å²) in [5, 5.41) is 4.73. The average Bonchev–Trinajstić information content (AvgIpc) is 3.60. The molecule has 0 radical (unpaired) electrons. The maximum Gasteiger partial charge on any atom is 0.0975 e. The molecular formula is C57H42N2. The summed E-state index contributed by atoms with van der Waals surface area (Å²) in [5.74, 6) is 0. The van der Waals surface area contributed by atoms with Crippen molar-refractivity contribution in [1.29, 1.82) is 0 Å². The Balaban J connectivity index is 1.04. The van der Waals surface area contributed by atoms with Crippen molar-refractivity contribution >= 4 is 32.6 Å². The highest BCUT2D eigenvalue weighted by atomic mass is 14.8. The van der Waals surface area contributed by atoms with Gasteiger partial charge in [0, 0.05) is 22.5 Å². The molecule has 0 bridgehead atoms. The molecule has 0 saturated carbocycles. The van der Waals surface area contributed by atoms with E-state index in [0.717, 1.165) is 27.7 Å². The lowest BCUT2D eigenvalue weighted by atomic mass is 9.67. The molecule has 0 N–H and O–H groups in total. The lowest BCUT2D eigenvalue weighted by molar-refractivity contribution is 0.768. The van der Waals surface area contributed by atoms with Gasteiger partial charge in [-0.25, -0.2) is 4.98 Å². The second-order valence-electron chi connectivity index (χ2n) is 16.2. The molecule has 0 saturated heterocycles. The molecule has 0 aliphatic heterocycles. The van der Waals surface area contributed by atoms with Crippen LogP contribution in [0.4, 0.5) is 0 Å². The number of rotatable bonds is 5. The topological polar surface area (TPSA) is 25.8 Å². The second-order valence-corrected chi connectivity index (χ2v) is 16.2. The molecule has 0 atom stereocenters. The van der Waals surface area contributed by atoms with Crippen LogP contribution in [0.2, 0.25) is 0 Å². The molecule has 280 valence electrons. The zero-order valence-electron chi connectivity index (χ0n) is 33.7. The van der Waals surface area contributed by atoms with E-state index < -0.39 is 5.41 Å². The number of pyridine rings is 2. The monoisotopic (exact) mass is 754 g/mol. The van der Waals surface area contributed by atoms with Crippen molar-refractivity contribution in [1.82, 2.24) is 9.97 Å². The van der Waals surface area contributed by atoms with E-state index in [9.17, 15) is 0 Å². The molecule has 2 aromatic heterocycles. The van der Waals surface area contributed by atoms with Gasteiger partial charge in [0.25, 0.3) is 0 Å². The summed E-state index contributed by atoms with van der Waals surface area (Å²) in [6, 6.07) is 64.9. The molecule has 2 heterocycles. The first-order valence-electron chi connectivity index (χ1n) is 20.6. The highest BCUT2D eigenvalue weighted by Gasteiger charge is 2.46. The first-order chi connectivity index (χ1) is 28.9. The molecular weight excluding hydrogens is 713 g/mol. The molecule has 2 heteroatoms. The van der Waals surface area contributed by atoms with Gasteiger partial charge in [0.2, 0.25) is 0 Å². The van der Waals surface area contributed by atoms with Gasteiger partial charge in [0.1, 0.15) is 0 Å². The third-order valence-electron chi connectivity index (χ3n) is 13.2. The Morgan fingerprint density at radius 2 is 0.898 bits per heavy atom. The maximum absolute atomic E-state index is 5.43. The van der Waals surface area contributed by atoms with E-state index >= 15 is 0 Å². The number of hydrogen-bond donors (Lipinski definition) is 0. The molecule has 0 amide bonds. The zero-order chi connectivity index (χ0) is 39.8. The minimum absolute atomic E-state index is 0.427. The minimum atomic E-state index is -0.427. The van der Waals surface area contributed by atoms with Crippen molar-refractivity contribution in [3.8, 4) is 44.6 Å². The van der Waals surface area contributed by atoms with E-state index in [4.69, 9.17) is 9.97 Å². The van der Waals surface area contributed by atoms with Crippen LogP contribution in [0, 0.1) is 27.7 Å². The van der Waals surface area contributed by atoms with Gasteiger partial charge in [0.15, 0.2) is 0 Å². The Morgan fingerprint density at radius 1 is 0.373 bits per heavy atom. The Morgan fingerprint density at radius 3 is 1.59 bits per heavy atom. The normalized spacial score (nSPS) is 12.9. The molecule has 8 aromatic carbocycles. The predicted octanol–water partition coefficient (Wildman–Crippen LogP) is 14.5. The van der Waals surface area contributed by atoms with Gasteiger partial charge in [-0.1, -0.05) is 176 Å². The SMILES string of the molecule is Cc1cnc2c(ccc3c(C)c(C)c(-c4cccc5c(-c6ccc(-c7cccc8c7-c7ccccc7C8(c7ccccc7)c7ccccc7)cc6)cccc45)nc32)c1C. The van der Waals surface area contributed by atoms with Crippen molar-refractivity contribution in [2.45, 2.75) is 33.1 Å². The summed E-state index contributed by atoms with van der Waals surface area (Å²) in [4.78, 5) is 10.4. The first kappa shape index (κ1) is 35.0. The maximum atomic E-state index is 5.43. The van der Waals surface area contributed by atoms with E-state index in [2.05, 4.69) is 204 Å². The molecule has 0 spiro atoms.